The van der Waals surface area contributed by atoms with E-state index >= 15 is 0 Å². The Morgan fingerprint density at radius 1 is 1.29 bits per heavy atom. The zero-order chi connectivity index (χ0) is 15.5. The van der Waals surface area contributed by atoms with Gasteiger partial charge in [0.05, 0.1) is 6.21 Å². The summed E-state index contributed by atoms with van der Waals surface area (Å²) in [5.41, 5.74) is 3.04. The second-order valence-corrected chi connectivity index (χ2v) is 5.93. The van der Waals surface area contributed by atoms with E-state index in [-0.39, 0.29) is 11.7 Å². The number of phenols is 1. The molecular weight excluding hydrogens is 332 g/mol. The number of carbonyl (C=O) groups is 1. The van der Waals surface area contributed by atoms with Crippen LogP contribution in [0.4, 0.5) is 0 Å². The fourth-order valence-electron chi connectivity index (χ4n) is 1.92. The molecule has 0 atom stereocenters. The minimum absolute atomic E-state index is 0.0868. The lowest BCUT2D eigenvalue weighted by Gasteiger charge is -2.01. The highest BCUT2D eigenvalue weighted by Crippen LogP contribution is 2.19. The highest BCUT2D eigenvalue weighted by molar-refractivity contribution is 9.10. The van der Waals surface area contributed by atoms with E-state index in [9.17, 15) is 9.90 Å². The first kappa shape index (κ1) is 17.7. The molecule has 0 heterocycles. The van der Waals surface area contributed by atoms with Crippen molar-refractivity contribution in [3.8, 4) is 5.75 Å². The zero-order valence-corrected chi connectivity index (χ0v) is 14.0. The van der Waals surface area contributed by atoms with Crippen LogP contribution in [0.3, 0.4) is 0 Å². The second-order valence-electron chi connectivity index (χ2n) is 5.01. The number of hydrogen-bond acceptors (Lipinski definition) is 3. The minimum atomic E-state index is -0.0868. The Morgan fingerprint density at radius 3 is 2.76 bits per heavy atom. The third-order valence-electron chi connectivity index (χ3n) is 3.14. The van der Waals surface area contributed by atoms with Crippen LogP contribution >= 0.6 is 15.9 Å². The number of hydrazone groups is 1. The number of phenolic OH excluding ortho intramolecular Hbond substituents is 1. The van der Waals surface area contributed by atoms with Gasteiger partial charge >= 0.3 is 0 Å². The molecule has 1 aromatic carbocycles. The number of unbranched alkanes of at least 4 members (excludes halogenated alkanes) is 5. The molecule has 0 radical (unpaired) electrons. The standard InChI is InChI=1S/C16H23BrN2O2/c1-2-3-4-5-6-7-8-16(21)19-18-12-13-11-14(17)9-10-15(13)20/h9-12,20H,2-8H2,1H3,(H,19,21). The second kappa shape index (κ2) is 10.4. The van der Waals surface area contributed by atoms with Gasteiger partial charge in [-0.2, -0.15) is 5.10 Å². The van der Waals surface area contributed by atoms with Gasteiger partial charge in [0.1, 0.15) is 5.75 Å². The lowest BCUT2D eigenvalue weighted by Crippen LogP contribution is -2.16. The number of rotatable bonds is 9. The molecule has 0 saturated carbocycles. The largest absolute Gasteiger partial charge is 0.507 e. The number of hydrogen-bond donors (Lipinski definition) is 2. The molecule has 0 bridgehead atoms. The monoisotopic (exact) mass is 354 g/mol. The molecule has 2 N–H and O–H groups in total. The Balaban J connectivity index is 2.23. The molecule has 0 aromatic heterocycles. The first-order valence-corrected chi connectivity index (χ1v) is 8.23. The van der Waals surface area contributed by atoms with E-state index in [1.165, 1.54) is 31.9 Å². The topological polar surface area (TPSA) is 61.7 Å². The number of halogens is 1. The molecule has 0 spiro atoms. The summed E-state index contributed by atoms with van der Waals surface area (Å²) in [5, 5.41) is 13.5. The molecule has 5 heteroatoms. The summed E-state index contributed by atoms with van der Waals surface area (Å²) in [7, 11) is 0. The van der Waals surface area contributed by atoms with Gasteiger partial charge < -0.3 is 5.11 Å². The Morgan fingerprint density at radius 2 is 2.00 bits per heavy atom. The third kappa shape index (κ3) is 7.85. The van der Waals surface area contributed by atoms with Gasteiger partial charge in [-0.1, -0.05) is 55.0 Å². The van der Waals surface area contributed by atoms with Gasteiger partial charge in [0, 0.05) is 16.5 Å². The van der Waals surface area contributed by atoms with Crippen molar-refractivity contribution in [2.45, 2.75) is 51.9 Å². The normalized spacial score (nSPS) is 11.0. The number of benzene rings is 1. The molecule has 4 nitrogen and oxygen atoms in total. The Bertz CT molecular complexity index is 475. The summed E-state index contributed by atoms with van der Waals surface area (Å²) in [6.07, 6.45) is 8.86. The van der Waals surface area contributed by atoms with Crippen LogP contribution < -0.4 is 5.43 Å². The Hall–Kier alpha value is -1.36. The van der Waals surface area contributed by atoms with Crippen LogP contribution in [0.25, 0.3) is 0 Å². The molecule has 0 fully saturated rings. The molecule has 0 aliphatic rings. The number of amides is 1. The average Bonchev–Trinajstić information content (AvgIpc) is 2.46. The summed E-state index contributed by atoms with van der Waals surface area (Å²) in [4.78, 5) is 11.6. The van der Waals surface area contributed by atoms with Crippen molar-refractivity contribution in [1.82, 2.24) is 5.43 Å². The van der Waals surface area contributed by atoms with E-state index in [1.54, 1.807) is 18.2 Å². The van der Waals surface area contributed by atoms with Gasteiger partial charge in [-0.05, 0) is 24.6 Å². The molecule has 1 amide bonds. The first-order valence-electron chi connectivity index (χ1n) is 7.44. The van der Waals surface area contributed by atoms with Crippen LogP contribution in [0.2, 0.25) is 0 Å². The van der Waals surface area contributed by atoms with E-state index in [0.717, 1.165) is 17.3 Å². The van der Waals surface area contributed by atoms with Crippen molar-refractivity contribution in [3.63, 3.8) is 0 Å². The molecule has 1 aromatic rings. The van der Waals surface area contributed by atoms with Crippen molar-refractivity contribution in [2.24, 2.45) is 5.10 Å². The van der Waals surface area contributed by atoms with Crippen LogP contribution in [0.1, 0.15) is 57.4 Å². The van der Waals surface area contributed by atoms with E-state index in [0.29, 0.717) is 12.0 Å². The van der Waals surface area contributed by atoms with Crippen molar-refractivity contribution in [3.05, 3.63) is 28.2 Å². The lowest BCUT2D eigenvalue weighted by molar-refractivity contribution is -0.121. The molecule has 0 aliphatic heterocycles. The highest BCUT2D eigenvalue weighted by atomic mass is 79.9. The summed E-state index contributed by atoms with van der Waals surface area (Å²) >= 11 is 3.32. The van der Waals surface area contributed by atoms with Gasteiger partial charge in [0.2, 0.25) is 5.91 Å². The van der Waals surface area contributed by atoms with Gasteiger partial charge in [0.15, 0.2) is 0 Å². The summed E-state index contributed by atoms with van der Waals surface area (Å²) < 4.78 is 0.847. The van der Waals surface area contributed by atoms with Crippen LogP contribution in [-0.2, 0) is 4.79 Å². The van der Waals surface area contributed by atoms with Crippen LogP contribution in [0.5, 0.6) is 5.75 Å². The predicted molar refractivity (Wildman–Crippen MR) is 89.5 cm³/mol. The predicted octanol–water partition coefficient (Wildman–Crippen LogP) is 4.36. The number of aromatic hydroxyl groups is 1. The fraction of sp³-hybridized carbons (Fsp3) is 0.500. The fourth-order valence-corrected chi connectivity index (χ4v) is 2.30. The van der Waals surface area contributed by atoms with Gasteiger partial charge in [-0.25, -0.2) is 5.43 Å². The van der Waals surface area contributed by atoms with Gasteiger partial charge in [-0.15, -0.1) is 0 Å². The lowest BCUT2D eigenvalue weighted by atomic mass is 10.1. The maximum atomic E-state index is 11.6. The minimum Gasteiger partial charge on any atom is -0.507 e. The smallest absolute Gasteiger partial charge is 0.240 e. The van der Waals surface area contributed by atoms with Crippen molar-refractivity contribution in [2.75, 3.05) is 0 Å². The number of nitrogens with one attached hydrogen (secondary N) is 1. The van der Waals surface area contributed by atoms with E-state index in [2.05, 4.69) is 33.4 Å². The van der Waals surface area contributed by atoms with Crippen molar-refractivity contribution < 1.29 is 9.90 Å². The molecule has 21 heavy (non-hydrogen) atoms. The summed E-state index contributed by atoms with van der Waals surface area (Å²) in [6, 6.07) is 5.05. The van der Waals surface area contributed by atoms with Crippen LogP contribution in [0.15, 0.2) is 27.8 Å². The molecule has 0 unspecified atom stereocenters. The number of nitrogens with zero attached hydrogens (tertiary/aromatic N) is 1. The van der Waals surface area contributed by atoms with E-state index < -0.39 is 0 Å². The molecule has 116 valence electrons. The Kier molecular flexibility index (Phi) is 8.74. The first-order chi connectivity index (χ1) is 10.1. The molecule has 0 aliphatic carbocycles. The SMILES string of the molecule is CCCCCCCCC(=O)NN=Cc1cc(Br)ccc1O. The van der Waals surface area contributed by atoms with E-state index in [4.69, 9.17) is 0 Å². The maximum absolute atomic E-state index is 11.6. The Labute approximate surface area is 134 Å². The summed E-state index contributed by atoms with van der Waals surface area (Å²) in [6.45, 7) is 2.19. The van der Waals surface area contributed by atoms with Crippen LogP contribution in [-0.4, -0.2) is 17.2 Å². The van der Waals surface area contributed by atoms with Crippen molar-refractivity contribution in [1.29, 1.82) is 0 Å². The quantitative estimate of drug-likeness (QED) is 0.393. The maximum Gasteiger partial charge on any atom is 0.240 e. The summed E-state index contributed by atoms with van der Waals surface area (Å²) in [5.74, 6) is 0.0448. The highest BCUT2D eigenvalue weighted by Gasteiger charge is 2.01. The molecule has 1 rings (SSSR count). The van der Waals surface area contributed by atoms with Crippen molar-refractivity contribution >= 4 is 28.1 Å². The van der Waals surface area contributed by atoms with Gasteiger partial charge in [-0.3, -0.25) is 4.79 Å². The van der Waals surface area contributed by atoms with Gasteiger partial charge in [0.25, 0.3) is 0 Å². The van der Waals surface area contributed by atoms with E-state index in [1.807, 2.05) is 0 Å². The average molecular weight is 355 g/mol. The third-order valence-corrected chi connectivity index (χ3v) is 3.63. The molecular formula is C16H23BrN2O2. The number of carbonyl (C=O) groups excluding carboxylic acids is 1. The van der Waals surface area contributed by atoms with Crippen LogP contribution in [0, 0.1) is 0 Å². The zero-order valence-electron chi connectivity index (χ0n) is 12.4. The molecule has 0 saturated heterocycles.